The van der Waals surface area contributed by atoms with Crippen molar-refractivity contribution in [3.63, 3.8) is 0 Å². The van der Waals surface area contributed by atoms with Crippen LogP contribution in [0.15, 0.2) is 30.3 Å². The van der Waals surface area contributed by atoms with E-state index in [4.69, 9.17) is 4.74 Å². The average Bonchev–Trinajstić information content (AvgIpc) is 2.93. The van der Waals surface area contributed by atoms with Gasteiger partial charge in [0.05, 0.1) is 12.2 Å². The van der Waals surface area contributed by atoms with Crippen molar-refractivity contribution in [1.82, 2.24) is 0 Å². The van der Waals surface area contributed by atoms with E-state index in [0.29, 0.717) is 28.7 Å². The van der Waals surface area contributed by atoms with Gasteiger partial charge < -0.3 is 10.1 Å². The van der Waals surface area contributed by atoms with E-state index in [-0.39, 0.29) is 11.9 Å². The summed E-state index contributed by atoms with van der Waals surface area (Å²) in [6.07, 6.45) is 2.93. The molecule has 2 aromatic rings. The van der Waals surface area contributed by atoms with Gasteiger partial charge in [0.2, 0.25) is 0 Å². The van der Waals surface area contributed by atoms with Crippen molar-refractivity contribution in [2.75, 3.05) is 11.9 Å². The molecule has 1 heterocycles. The maximum Gasteiger partial charge on any atom is 0.341 e. The highest BCUT2D eigenvalue weighted by Crippen LogP contribution is 2.40. The van der Waals surface area contributed by atoms with Crippen molar-refractivity contribution in [2.45, 2.75) is 33.1 Å². The standard InChI is InChI=1S/C19H21NO3S/c1-3-23-19(22)16-14-11-12(2)9-10-15(14)24-18(16)20-17(21)13-7-5-4-6-8-13/h4-8,12H,3,9-11H2,1-2H3,(H,20,21). The van der Waals surface area contributed by atoms with E-state index < -0.39 is 0 Å². The molecule has 1 atom stereocenters. The summed E-state index contributed by atoms with van der Waals surface area (Å²) >= 11 is 1.51. The maximum absolute atomic E-state index is 12.5. The Morgan fingerprint density at radius 1 is 1.29 bits per heavy atom. The zero-order chi connectivity index (χ0) is 17.1. The number of nitrogens with one attached hydrogen (secondary N) is 1. The van der Waals surface area contributed by atoms with Crippen molar-refractivity contribution in [3.8, 4) is 0 Å². The SMILES string of the molecule is CCOC(=O)c1c(NC(=O)c2ccccc2)sc2c1CC(C)CC2. The Morgan fingerprint density at radius 2 is 2.04 bits per heavy atom. The summed E-state index contributed by atoms with van der Waals surface area (Å²) in [5.41, 5.74) is 2.18. The number of rotatable bonds is 4. The number of carbonyl (C=O) groups is 2. The van der Waals surface area contributed by atoms with Crippen molar-refractivity contribution in [1.29, 1.82) is 0 Å². The predicted octanol–water partition coefficient (Wildman–Crippen LogP) is 4.30. The van der Waals surface area contributed by atoms with E-state index in [2.05, 4.69) is 12.2 Å². The van der Waals surface area contributed by atoms with E-state index in [9.17, 15) is 9.59 Å². The van der Waals surface area contributed by atoms with E-state index in [1.54, 1.807) is 19.1 Å². The third-order valence-electron chi connectivity index (χ3n) is 4.25. The van der Waals surface area contributed by atoms with Crippen molar-refractivity contribution in [3.05, 3.63) is 51.9 Å². The predicted molar refractivity (Wildman–Crippen MR) is 95.9 cm³/mol. The largest absolute Gasteiger partial charge is 0.462 e. The average molecular weight is 343 g/mol. The molecule has 5 heteroatoms. The number of aryl methyl sites for hydroxylation is 1. The highest BCUT2D eigenvalue weighted by Gasteiger charge is 2.29. The normalized spacial score (nSPS) is 16.3. The zero-order valence-corrected chi connectivity index (χ0v) is 14.7. The van der Waals surface area contributed by atoms with Crippen LogP contribution in [-0.2, 0) is 17.6 Å². The summed E-state index contributed by atoms with van der Waals surface area (Å²) in [5, 5.41) is 3.53. The van der Waals surface area contributed by atoms with Crippen LogP contribution < -0.4 is 5.32 Å². The molecule has 1 aliphatic carbocycles. The van der Waals surface area contributed by atoms with Gasteiger partial charge in [-0.25, -0.2) is 4.79 Å². The number of hydrogen-bond acceptors (Lipinski definition) is 4. The van der Waals surface area contributed by atoms with E-state index in [1.165, 1.54) is 16.2 Å². The molecule has 0 saturated carbocycles. The van der Waals surface area contributed by atoms with Crippen LogP contribution in [0.5, 0.6) is 0 Å². The van der Waals surface area contributed by atoms with Crippen LogP contribution in [0.2, 0.25) is 0 Å². The Bertz CT molecular complexity index is 751. The fourth-order valence-electron chi connectivity index (χ4n) is 3.03. The van der Waals surface area contributed by atoms with Gasteiger partial charge in [-0.2, -0.15) is 0 Å². The number of fused-ring (bicyclic) bond motifs is 1. The molecule has 1 unspecified atom stereocenters. The molecule has 0 fully saturated rings. The second-order valence-electron chi connectivity index (χ2n) is 6.10. The van der Waals surface area contributed by atoms with Gasteiger partial charge in [0, 0.05) is 10.4 Å². The minimum absolute atomic E-state index is 0.201. The van der Waals surface area contributed by atoms with Crippen LogP contribution in [0.3, 0.4) is 0 Å². The smallest absolute Gasteiger partial charge is 0.341 e. The lowest BCUT2D eigenvalue weighted by Crippen LogP contribution is -2.17. The molecule has 1 aromatic heterocycles. The van der Waals surface area contributed by atoms with Crippen molar-refractivity contribution >= 4 is 28.2 Å². The number of carbonyl (C=O) groups excluding carboxylic acids is 2. The molecule has 4 nitrogen and oxygen atoms in total. The first-order valence-electron chi connectivity index (χ1n) is 8.28. The Kier molecular flexibility index (Phi) is 5.00. The third kappa shape index (κ3) is 3.36. The van der Waals surface area contributed by atoms with Crippen LogP contribution >= 0.6 is 11.3 Å². The van der Waals surface area contributed by atoms with Gasteiger partial charge in [-0.3, -0.25) is 4.79 Å². The molecular formula is C19H21NO3S. The van der Waals surface area contributed by atoms with E-state index in [0.717, 1.165) is 24.8 Å². The van der Waals surface area contributed by atoms with Crippen LogP contribution in [0.1, 0.15) is 51.4 Å². The minimum Gasteiger partial charge on any atom is -0.462 e. The first-order chi connectivity index (χ1) is 11.6. The van der Waals surface area contributed by atoms with Crippen LogP contribution in [0.4, 0.5) is 5.00 Å². The van der Waals surface area contributed by atoms with E-state index in [1.807, 2.05) is 18.2 Å². The Hall–Kier alpha value is -2.14. The van der Waals surface area contributed by atoms with Crippen molar-refractivity contribution in [2.24, 2.45) is 5.92 Å². The lowest BCUT2D eigenvalue weighted by molar-refractivity contribution is 0.0526. The number of benzene rings is 1. The minimum atomic E-state index is -0.340. The lowest BCUT2D eigenvalue weighted by Gasteiger charge is -2.18. The maximum atomic E-state index is 12.5. The van der Waals surface area contributed by atoms with Gasteiger partial charge >= 0.3 is 5.97 Å². The summed E-state index contributed by atoms with van der Waals surface area (Å²) in [5.74, 6) is -0.00166. The van der Waals surface area contributed by atoms with Gasteiger partial charge in [-0.15, -0.1) is 11.3 Å². The quantitative estimate of drug-likeness (QED) is 0.842. The highest BCUT2D eigenvalue weighted by molar-refractivity contribution is 7.17. The first kappa shape index (κ1) is 16.7. The van der Waals surface area contributed by atoms with Gasteiger partial charge in [0.25, 0.3) is 5.91 Å². The molecule has 3 rings (SSSR count). The summed E-state index contributed by atoms with van der Waals surface area (Å²) in [7, 11) is 0. The van der Waals surface area contributed by atoms with Gasteiger partial charge in [-0.1, -0.05) is 25.1 Å². The summed E-state index contributed by atoms with van der Waals surface area (Å²) in [4.78, 5) is 26.1. The van der Waals surface area contributed by atoms with E-state index >= 15 is 0 Å². The second kappa shape index (κ2) is 7.18. The number of ether oxygens (including phenoxy) is 1. The Morgan fingerprint density at radius 3 is 2.75 bits per heavy atom. The lowest BCUT2D eigenvalue weighted by atomic mass is 9.88. The molecule has 0 spiro atoms. The molecule has 1 aliphatic rings. The van der Waals surface area contributed by atoms with Gasteiger partial charge in [0.15, 0.2) is 0 Å². The number of amides is 1. The molecule has 24 heavy (non-hydrogen) atoms. The highest BCUT2D eigenvalue weighted by atomic mass is 32.1. The van der Waals surface area contributed by atoms with Crippen LogP contribution in [0.25, 0.3) is 0 Å². The number of esters is 1. The molecule has 0 aliphatic heterocycles. The zero-order valence-electron chi connectivity index (χ0n) is 13.9. The topological polar surface area (TPSA) is 55.4 Å². The summed E-state index contributed by atoms with van der Waals surface area (Å²) in [6, 6.07) is 9.03. The molecule has 1 amide bonds. The first-order valence-corrected chi connectivity index (χ1v) is 9.09. The Labute approximate surface area is 145 Å². The molecule has 126 valence electrons. The number of anilines is 1. The molecule has 0 saturated heterocycles. The fourth-order valence-corrected chi connectivity index (χ4v) is 4.26. The molecule has 1 aromatic carbocycles. The molecular weight excluding hydrogens is 322 g/mol. The summed E-state index contributed by atoms with van der Waals surface area (Å²) in [6.45, 7) is 4.31. The van der Waals surface area contributed by atoms with Crippen LogP contribution in [-0.4, -0.2) is 18.5 Å². The Balaban J connectivity index is 1.95. The van der Waals surface area contributed by atoms with Gasteiger partial charge in [0.1, 0.15) is 5.00 Å². The second-order valence-corrected chi connectivity index (χ2v) is 7.20. The monoisotopic (exact) mass is 343 g/mol. The fraction of sp³-hybridized carbons (Fsp3) is 0.368. The third-order valence-corrected chi connectivity index (χ3v) is 5.46. The van der Waals surface area contributed by atoms with Gasteiger partial charge in [-0.05, 0) is 49.8 Å². The van der Waals surface area contributed by atoms with Crippen LogP contribution in [0, 0.1) is 5.92 Å². The molecule has 0 radical (unpaired) electrons. The number of hydrogen-bond donors (Lipinski definition) is 1. The summed E-state index contributed by atoms with van der Waals surface area (Å²) < 4.78 is 5.23. The molecule has 0 bridgehead atoms. The molecule has 1 N–H and O–H groups in total. The van der Waals surface area contributed by atoms with Crippen molar-refractivity contribution < 1.29 is 14.3 Å². The number of thiophene rings is 1.